The predicted molar refractivity (Wildman–Crippen MR) is 72.6 cm³/mol. The van der Waals surface area contributed by atoms with Gasteiger partial charge in [-0.3, -0.25) is 14.7 Å². The molecule has 0 heterocycles. The minimum absolute atomic E-state index is 0.429. The Bertz CT molecular complexity index is 141. The van der Waals surface area contributed by atoms with Crippen LogP contribution in [0.15, 0.2) is 0 Å². The molecular formula is C13H31N3. The van der Waals surface area contributed by atoms with Crippen molar-refractivity contribution in [2.75, 3.05) is 41.3 Å². The first-order valence-electron chi connectivity index (χ1n) is 6.61. The Balaban J connectivity index is 4.40. The lowest BCUT2D eigenvalue weighted by molar-refractivity contribution is -0.0239. The number of hydrogen-bond donors (Lipinski definition) is 0. The minimum Gasteiger partial charge on any atom is -0.282 e. The van der Waals surface area contributed by atoms with Gasteiger partial charge in [0.2, 0.25) is 0 Å². The van der Waals surface area contributed by atoms with Crippen molar-refractivity contribution in [2.45, 2.75) is 45.8 Å². The summed E-state index contributed by atoms with van der Waals surface area (Å²) in [4.78, 5) is 7.18. The fourth-order valence-electron chi connectivity index (χ4n) is 2.18. The van der Waals surface area contributed by atoms with Gasteiger partial charge in [0, 0.05) is 13.1 Å². The first kappa shape index (κ1) is 15.9. The molecule has 0 atom stereocenters. The topological polar surface area (TPSA) is 9.72 Å². The van der Waals surface area contributed by atoms with Crippen molar-refractivity contribution in [2.24, 2.45) is 0 Å². The van der Waals surface area contributed by atoms with Gasteiger partial charge >= 0.3 is 0 Å². The maximum absolute atomic E-state index is 2.59. The monoisotopic (exact) mass is 229 g/mol. The summed E-state index contributed by atoms with van der Waals surface area (Å²) in [6, 6.07) is 0. The Morgan fingerprint density at radius 3 is 1.38 bits per heavy atom. The van der Waals surface area contributed by atoms with Gasteiger partial charge in [0.1, 0.15) is 6.29 Å². The Labute approximate surface area is 102 Å². The van der Waals surface area contributed by atoms with Gasteiger partial charge in [-0.2, -0.15) is 0 Å². The third-order valence-corrected chi connectivity index (χ3v) is 2.85. The molecule has 0 saturated heterocycles. The van der Waals surface area contributed by atoms with E-state index in [-0.39, 0.29) is 0 Å². The van der Waals surface area contributed by atoms with Crippen LogP contribution in [0.4, 0.5) is 0 Å². The van der Waals surface area contributed by atoms with E-state index in [0.717, 1.165) is 0 Å². The molecule has 0 bridgehead atoms. The summed E-state index contributed by atoms with van der Waals surface area (Å²) in [5, 5.41) is 0. The number of rotatable bonds is 9. The number of hydrogen-bond acceptors (Lipinski definition) is 3. The van der Waals surface area contributed by atoms with Gasteiger partial charge in [0.05, 0.1) is 0 Å². The van der Waals surface area contributed by atoms with Crippen LogP contribution in [0.25, 0.3) is 0 Å². The van der Waals surface area contributed by atoms with Gasteiger partial charge in [0.25, 0.3) is 0 Å². The van der Waals surface area contributed by atoms with Crippen molar-refractivity contribution in [3.8, 4) is 0 Å². The maximum atomic E-state index is 2.59. The fourth-order valence-corrected chi connectivity index (χ4v) is 2.18. The fraction of sp³-hybridized carbons (Fsp3) is 1.00. The quantitative estimate of drug-likeness (QED) is 0.562. The summed E-state index contributed by atoms with van der Waals surface area (Å²) in [6.45, 7) is 6.94. The Hall–Kier alpha value is -0.120. The molecular weight excluding hydrogens is 198 g/mol. The first-order valence-corrected chi connectivity index (χ1v) is 6.61. The van der Waals surface area contributed by atoms with E-state index in [9.17, 15) is 0 Å². The highest BCUT2D eigenvalue weighted by Gasteiger charge is 2.21. The zero-order valence-corrected chi connectivity index (χ0v) is 12.2. The molecule has 0 spiro atoms. The Kier molecular flexibility index (Phi) is 8.90. The Morgan fingerprint density at radius 2 is 1.12 bits per heavy atom. The predicted octanol–water partition coefficient (Wildman–Crippen LogP) is 2.30. The molecule has 0 aliphatic rings. The van der Waals surface area contributed by atoms with E-state index in [1.54, 1.807) is 0 Å². The molecule has 98 valence electrons. The molecule has 0 aromatic heterocycles. The summed E-state index contributed by atoms with van der Waals surface area (Å²) in [6.07, 6.45) is 5.56. The van der Waals surface area contributed by atoms with Crippen molar-refractivity contribution >= 4 is 0 Å². The molecule has 0 aliphatic carbocycles. The van der Waals surface area contributed by atoms with E-state index in [4.69, 9.17) is 0 Å². The van der Waals surface area contributed by atoms with E-state index in [1.165, 1.54) is 38.8 Å². The van der Waals surface area contributed by atoms with E-state index in [2.05, 4.69) is 56.7 Å². The third kappa shape index (κ3) is 5.83. The molecule has 3 nitrogen and oxygen atoms in total. The highest BCUT2D eigenvalue weighted by molar-refractivity contribution is 4.67. The molecule has 0 fully saturated rings. The molecule has 0 unspecified atom stereocenters. The van der Waals surface area contributed by atoms with Crippen LogP contribution in [0.5, 0.6) is 0 Å². The average molecular weight is 229 g/mol. The second-order valence-electron chi connectivity index (χ2n) is 5.02. The second-order valence-corrected chi connectivity index (χ2v) is 5.02. The van der Waals surface area contributed by atoms with Crippen LogP contribution in [0.2, 0.25) is 0 Å². The lowest BCUT2D eigenvalue weighted by atomic mass is 10.2. The van der Waals surface area contributed by atoms with E-state index >= 15 is 0 Å². The van der Waals surface area contributed by atoms with E-state index < -0.39 is 0 Å². The summed E-state index contributed by atoms with van der Waals surface area (Å²) in [5.74, 6) is 0. The first-order chi connectivity index (χ1) is 7.54. The molecule has 0 aromatic rings. The summed E-state index contributed by atoms with van der Waals surface area (Å²) >= 11 is 0. The van der Waals surface area contributed by atoms with E-state index in [1.807, 2.05) is 0 Å². The van der Waals surface area contributed by atoms with Crippen LogP contribution in [0, 0.1) is 0 Å². The van der Waals surface area contributed by atoms with Crippen molar-refractivity contribution in [1.82, 2.24) is 14.7 Å². The maximum Gasteiger partial charge on any atom is 0.118 e. The van der Waals surface area contributed by atoms with Crippen LogP contribution in [-0.4, -0.2) is 62.3 Å². The lowest BCUT2D eigenvalue weighted by Gasteiger charge is -2.40. The highest BCUT2D eigenvalue weighted by atomic mass is 15.5. The summed E-state index contributed by atoms with van der Waals surface area (Å²) in [7, 11) is 8.65. The number of unbranched alkanes of at least 4 members (excludes halogenated alkanes) is 2. The molecule has 0 N–H and O–H groups in total. The second kappa shape index (κ2) is 8.97. The van der Waals surface area contributed by atoms with Crippen LogP contribution < -0.4 is 0 Å². The van der Waals surface area contributed by atoms with Gasteiger partial charge in [-0.05, 0) is 41.0 Å². The summed E-state index contributed by atoms with van der Waals surface area (Å²) in [5.41, 5.74) is 0. The average Bonchev–Trinajstić information content (AvgIpc) is 2.20. The molecule has 0 aliphatic heterocycles. The molecule has 3 heteroatoms. The summed E-state index contributed by atoms with van der Waals surface area (Å²) < 4.78 is 0. The standard InChI is InChI=1S/C13H31N3/c1-7-9-11-16(12-10-8-2)13(14(3)4)15(5)6/h13H,7-12H2,1-6H3. The molecule has 0 radical (unpaired) electrons. The zero-order valence-electron chi connectivity index (χ0n) is 12.2. The molecule has 16 heavy (non-hydrogen) atoms. The van der Waals surface area contributed by atoms with Gasteiger partial charge in [0.15, 0.2) is 0 Å². The zero-order chi connectivity index (χ0) is 12.6. The largest absolute Gasteiger partial charge is 0.282 e. The Morgan fingerprint density at radius 1 is 0.750 bits per heavy atom. The molecule has 0 saturated carbocycles. The van der Waals surface area contributed by atoms with Crippen LogP contribution in [0.3, 0.4) is 0 Å². The van der Waals surface area contributed by atoms with Crippen LogP contribution in [-0.2, 0) is 0 Å². The van der Waals surface area contributed by atoms with Crippen LogP contribution in [0.1, 0.15) is 39.5 Å². The smallest absolute Gasteiger partial charge is 0.118 e. The van der Waals surface area contributed by atoms with Gasteiger partial charge in [-0.1, -0.05) is 26.7 Å². The van der Waals surface area contributed by atoms with Crippen molar-refractivity contribution in [3.63, 3.8) is 0 Å². The van der Waals surface area contributed by atoms with Gasteiger partial charge < -0.3 is 0 Å². The van der Waals surface area contributed by atoms with Crippen molar-refractivity contribution in [1.29, 1.82) is 0 Å². The van der Waals surface area contributed by atoms with Gasteiger partial charge in [-0.25, -0.2) is 0 Å². The third-order valence-electron chi connectivity index (χ3n) is 2.85. The molecule has 0 rings (SSSR count). The van der Waals surface area contributed by atoms with Crippen molar-refractivity contribution < 1.29 is 0 Å². The highest BCUT2D eigenvalue weighted by Crippen LogP contribution is 2.09. The number of nitrogens with zero attached hydrogens (tertiary/aromatic N) is 3. The van der Waals surface area contributed by atoms with E-state index in [0.29, 0.717) is 6.29 Å². The van der Waals surface area contributed by atoms with Gasteiger partial charge in [-0.15, -0.1) is 0 Å². The normalized spacial score (nSPS) is 12.4. The lowest BCUT2D eigenvalue weighted by Crippen LogP contribution is -2.54. The molecule has 0 amide bonds. The van der Waals surface area contributed by atoms with Crippen molar-refractivity contribution in [3.05, 3.63) is 0 Å². The van der Waals surface area contributed by atoms with Crippen LogP contribution >= 0.6 is 0 Å². The SMILES string of the molecule is CCCCN(CCCC)C(N(C)C)N(C)C. The molecule has 0 aromatic carbocycles. The minimum atomic E-state index is 0.429.